The number of nitrogens with zero attached hydrogens (tertiary/aromatic N) is 2. The summed E-state index contributed by atoms with van der Waals surface area (Å²) in [5.74, 6) is -0.570. The number of carbonyl (C=O) groups is 2. The zero-order chi connectivity index (χ0) is 19.1. The van der Waals surface area contributed by atoms with Crippen LogP contribution in [0, 0.1) is 0 Å². The van der Waals surface area contributed by atoms with Crippen LogP contribution < -0.4 is 4.74 Å². The molecule has 0 bridgehead atoms. The zero-order valence-electron chi connectivity index (χ0n) is 14.7. The van der Waals surface area contributed by atoms with Gasteiger partial charge in [-0.2, -0.15) is 0 Å². The molecular weight excluding hydrogens is 348 g/mol. The molecule has 1 unspecified atom stereocenters. The summed E-state index contributed by atoms with van der Waals surface area (Å²) in [6.45, 7) is 1.09. The number of pyridine rings is 1. The number of benzene rings is 1. The molecule has 1 atom stereocenters. The number of carbonyl (C=O) groups excluding carboxylic acids is 1. The lowest BCUT2D eigenvalue weighted by Crippen LogP contribution is -2.48. The first-order chi connectivity index (χ1) is 13.1. The third kappa shape index (κ3) is 5.39. The van der Waals surface area contributed by atoms with Crippen LogP contribution in [0.15, 0.2) is 54.9 Å². The maximum Gasteiger partial charge on any atom is 0.334 e. The smallest absolute Gasteiger partial charge is 0.334 e. The number of ether oxygens (including phenoxy) is 2. The van der Waals surface area contributed by atoms with E-state index in [0.29, 0.717) is 13.2 Å². The number of aromatic nitrogens is 1. The number of aliphatic carboxylic acids is 1. The van der Waals surface area contributed by atoms with Gasteiger partial charge in [0, 0.05) is 30.6 Å². The Balaban J connectivity index is 1.52. The Morgan fingerprint density at radius 2 is 2.11 bits per heavy atom. The Morgan fingerprint density at radius 1 is 1.30 bits per heavy atom. The van der Waals surface area contributed by atoms with E-state index in [2.05, 4.69) is 4.98 Å². The monoisotopic (exact) mass is 368 g/mol. The van der Waals surface area contributed by atoms with E-state index in [9.17, 15) is 9.59 Å². The van der Waals surface area contributed by atoms with Crippen LogP contribution in [0.25, 0.3) is 6.08 Å². The molecule has 2 heterocycles. The minimum atomic E-state index is -1.06. The van der Waals surface area contributed by atoms with E-state index in [-0.39, 0.29) is 19.1 Å². The highest BCUT2D eigenvalue weighted by molar-refractivity contribution is 5.92. The fourth-order valence-electron chi connectivity index (χ4n) is 2.60. The summed E-state index contributed by atoms with van der Waals surface area (Å²) in [5, 5.41) is 8.99. The SMILES string of the molecule is O=C(O)C1CN(C(=O)/C=C/c2ccc(OCc3cccnc3)cc2)CCO1. The molecule has 140 valence electrons. The lowest BCUT2D eigenvalue weighted by atomic mass is 10.2. The topological polar surface area (TPSA) is 89.0 Å². The van der Waals surface area contributed by atoms with E-state index in [1.165, 1.54) is 11.0 Å². The highest BCUT2D eigenvalue weighted by atomic mass is 16.5. The Labute approximate surface area is 156 Å². The van der Waals surface area contributed by atoms with Gasteiger partial charge in [0.1, 0.15) is 12.4 Å². The zero-order valence-corrected chi connectivity index (χ0v) is 14.7. The van der Waals surface area contributed by atoms with Gasteiger partial charge in [0.25, 0.3) is 0 Å². The van der Waals surface area contributed by atoms with Crippen molar-refractivity contribution in [3.05, 3.63) is 66.0 Å². The van der Waals surface area contributed by atoms with Crippen LogP contribution >= 0.6 is 0 Å². The second kappa shape index (κ2) is 8.95. The van der Waals surface area contributed by atoms with Crippen LogP contribution in [0.2, 0.25) is 0 Å². The summed E-state index contributed by atoms with van der Waals surface area (Å²) in [5.41, 5.74) is 1.83. The number of morpholine rings is 1. The van der Waals surface area contributed by atoms with Crippen LogP contribution in [-0.4, -0.2) is 52.7 Å². The molecule has 0 aliphatic carbocycles. The van der Waals surface area contributed by atoms with Crippen molar-refractivity contribution in [3.63, 3.8) is 0 Å². The van der Waals surface area contributed by atoms with Gasteiger partial charge in [-0.1, -0.05) is 18.2 Å². The van der Waals surface area contributed by atoms with Crippen molar-refractivity contribution < 1.29 is 24.2 Å². The van der Waals surface area contributed by atoms with Crippen LogP contribution in [0.5, 0.6) is 5.75 Å². The van der Waals surface area contributed by atoms with Crippen molar-refractivity contribution in [2.24, 2.45) is 0 Å². The predicted molar refractivity (Wildman–Crippen MR) is 98.0 cm³/mol. The minimum absolute atomic E-state index is 0.0552. The van der Waals surface area contributed by atoms with E-state index in [0.717, 1.165) is 16.9 Å². The highest BCUT2D eigenvalue weighted by Crippen LogP contribution is 2.15. The summed E-state index contributed by atoms with van der Waals surface area (Å²) in [6, 6.07) is 11.2. The molecule has 1 aliphatic rings. The van der Waals surface area contributed by atoms with E-state index in [4.69, 9.17) is 14.6 Å². The molecule has 7 nitrogen and oxygen atoms in total. The van der Waals surface area contributed by atoms with Crippen LogP contribution in [0.4, 0.5) is 0 Å². The summed E-state index contributed by atoms with van der Waals surface area (Å²) in [7, 11) is 0. The van der Waals surface area contributed by atoms with Crippen LogP contribution in [-0.2, 0) is 20.9 Å². The summed E-state index contributed by atoms with van der Waals surface area (Å²) >= 11 is 0. The lowest BCUT2D eigenvalue weighted by Gasteiger charge is -2.30. The lowest BCUT2D eigenvalue weighted by molar-refractivity contribution is -0.158. The van der Waals surface area contributed by atoms with Crippen LogP contribution in [0.1, 0.15) is 11.1 Å². The Bertz CT molecular complexity index is 805. The molecular formula is C20H20N2O5. The van der Waals surface area contributed by atoms with Gasteiger partial charge in [-0.05, 0) is 29.8 Å². The van der Waals surface area contributed by atoms with Gasteiger partial charge in [0.15, 0.2) is 6.10 Å². The molecule has 3 rings (SSSR count). The van der Waals surface area contributed by atoms with Gasteiger partial charge in [-0.3, -0.25) is 9.78 Å². The van der Waals surface area contributed by atoms with Gasteiger partial charge in [0.05, 0.1) is 13.2 Å². The number of carboxylic acid groups (broad SMARTS) is 1. The van der Waals surface area contributed by atoms with Gasteiger partial charge in [-0.25, -0.2) is 4.79 Å². The average Bonchev–Trinajstić information content (AvgIpc) is 2.72. The molecule has 1 N–H and O–H groups in total. The standard InChI is InChI=1S/C20H20N2O5/c23-19(22-10-11-26-18(13-22)20(24)25)8-5-15-3-6-17(7-4-15)27-14-16-2-1-9-21-12-16/h1-9,12,18H,10-11,13-14H2,(H,24,25)/b8-5+. The van der Waals surface area contributed by atoms with Gasteiger partial charge < -0.3 is 19.5 Å². The Morgan fingerprint density at radius 3 is 2.81 bits per heavy atom. The number of hydrogen-bond donors (Lipinski definition) is 1. The fourth-order valence-corrected chi connectivity index (χ4v) is 2.60. The summed E-state index contributed by atoms with van der Waals surface area (Å²) < 4.78 is 10.8. The number of amides is 1. The van der Waals surface area contributed by atoms with Crippen molar-refractivity contribution in [1.29, 1.82) is 0 Å². The molecule has 27 heavy (non-hydrogen) atoms. The molecule has 0 radical (unpaired) electrons. The van der Waals surface area contributed by atoms with Gasteiger partial charge in [0.2, 0.25) is 5.91 Å². The highest BCUT2D eigenvalue weighted by Gasteiger charge is 2.27. The molecule has 7 heteroatoms. The van der Waals surface area contributed by atoms with Gasteiger partial charge >= 0.3 is 5.97 Å². The molecule has 1 aromatic heterocycles. The fraction of sp³-hybridized carbons (Fsp3) is 0.250. The first-order valence-electron chi connectivity index (χ1n) is 8.55. The molecule has 0 saturated carbocycles. The number of rotatable bonds is 6. The molecule has 0 spiro atoms. The molecule has 1 amide bonds. The third-order valence-electron chi connectivity index (χ3n) is 4.08. The largest absolute Gasteiger partial charge is 0.489 e. The predicted octanol–water partition coefficient (Wildman–Crippen LogP) is 1.99. The first-order valence-corrected chi connectivity index (χ1v) is 8.55. The van der Waals surface area contributed by atoms with E-state index < -0.39 is 12.1 Å². The van der Waals surface area contributed by atoms with Crippen molar-refractivity contribution in [2.75, 3.05) is 19.7 Å². The Kier molecular flexibility index (Phi) is 6.17. The van der Waals surface area contributed by atoms with E-state index in [1.54, 1.807) is 18.5 Å². The third-order valence-corrected chi connectivity index (χ3v) is 4.08. The minimum Gasteiger partial charge on any atom is -0.489 e. The first kappa shape index (κ1) is 18.6. The van der Waals surface area contributed by atoms with Crippen molar-refractivity contribution in [2.45, 2.75) is 12.7 Å². The van der Waals surface area contributed by atoms with Crippen molar-refractivity contribution in [1.82, 2.24) is 9.88 Å². The maximum atomic E-state index is 12.2. The molecule has 1 aliphatic heterocycles. The molecule has 1 fully saturated rings. The summed E-state index contributed by atoms with van der Waals surface area (Å²) in [4.78, 5) is 28.7. The second-order valence-electron chi connectivity index (χ2n) is 6.03. The number of hydrogen-bond acceptors (Lipinski definition) is 5. The summed E-state index contributed by atoms with van der Waals surface area (Å²) in [6.07, 6.45) is 5.63. The normalized spacial score (nSPS) is 17.0. The quantitative estimate of drug-likeness (QED) is 0.785. The molecule has 1 aromatic carbocycles. The number of carboxylic acids is 1. The average molecular weight is 368 g/mol. The maximum absolute atomic E-state index is 12.2. The van der Waals surface area contributed by atoms with E-state index in [1.807, 2.05) is 36.4 Å². The molecule has 2 aromatic rings. The second-order valence-corrected chi connectivity index (χ2v) is 6.03. The van der Waals surface area contributed by atoms with Crippen molar-refractivity contribution in [3.8, 4) is 5.75 Å². The van der Waals surface area contributed by atoms with Crippen molar-refractivity contribution >= 4 is 18.0 Å². The Hall–Kier alpha value is -3.19. The van der Waals surface area contributed by atoms with Gasteiger partial charge in [-0.15, -0.1) is 0 Å². The molecule has 1 saturated heterocycles. The van der Waals surface area contributed by atoms with E-state index >= 15 is 0 Å². The van der Waals surface area contributed by atoms with Crippen LogP contribution in [0.3, 0.4) is 0 Å².